The van der Waals surface area contributed by atoms with Gasteiger partial charge >= 0.3 is 5.97 Å². The fourth-order valence-electron chi connectivity index (χ4n) is 2.98. The van der Waals surface area contributed by atoms with Gasteiger partial charge in [-0.3, -0.25) is 4.79 Å². The molecule has 0 amide bonds. The molecule has 0 N–H and O–H groups in total. The summed E-state index contributed by atoms with van der Waals surface area (Å²) in [6.07, 6.45) is 3.91. The quantitative estimate of drug-likeness (QED) is 0.426. The molecule has 2 rings (SSSR count). The molecule has 24 heavy (non-hydrogen) atoms. The number of hydrogen-bond acceptors (Lipinski definition) is 5. The second kappa shape index (κ2) is 6.23. The molecule has 2 aliphatic rings. The molecule has 0 spiro atoms. The molecule has 1 aliphatic heterocycles. The van der Waals surface area contributed by atoms with Gasteiger partial charge in [0.15, 0.2) is 19.7 Å². The summed E-state index contributed by atoms with van der Waals surface area (Å²) in [6.45, 7) is 16.8. The highest BCUT2D eigenvalue weighted by Gasteiger charge is 2.56. The third kappa shape index (κ3) is 3.93. The van der Waals surface area contributed by atoms with Crippen LogP contribution in [0, 0.1) is 0 Å². The predicted octanol–water partition coefficient (Wildman–Crippen LogP) is 3.79. The van der Waals surface area contributed by atoms with Gasteiger partial charge in [-0.15, -0.1) is 0 Å². The van der Waals surface area contributed by atoms with E-state index in [1.165, 1.54) is 6.92 Å². The van der Waals surface area contributed by atoms with Crippen molar-refractivity contribution in [1.29, 1.82) is 0 Å². The molecule has 0 aromatic carbocycles. The molecule has 138 valence electrons. The van der Waals surface area contributed by atoms with Crippen LogP contribution in [-0.4, -0.2) is 44.5 Å². The predicted molar refractivity (Wildman–Crippen MR) is 95.2 cm³/mol. The van der Waals surface area contributed by atoms with Gasteiger partial charge in [-0.05, 0) is 38.1 Å². The maximum atomic E-state index is 11.7. The number of hydrogen-bond donors (Lipinski definition) is 0. The summed E-state index contributed by atoms with van der Waals surface area (Å²) in [5.41, 5.74) is -0.813. The number of carbonyl (C=O) groups is 1. The van der Waals surface area contributed by atoms with Crippen molar-refractivity contribution in [2.75, 3.05) is 6.61 Å². The fourth-order valence-corrected chi connectivity index (χ4v) is 4.02. The van der Waals surface area contributed by atoms with Crippen LogP contribution in [0.4, 0.5) is 0 Å². The Morgan fingerprint density at radius 1 is 1.25 bits per heavy atom. The van der Waals surface area contributed by atoms with Crippen molar-refractivity contribution in [3.05, 3.63) is 12.2 Å². The molecule has 0 unspecified atom stereocenters. The van der Waals surface area contributed by atoms with Gasteiger partial charge < -0.3 is 18.6 Å². The van der Waals surface area contributed by atoms with E-state index in [0.717, 1.165) is 0 Å². The van der Waals surface area contributed by atoms with Crippen LogP contribution in [-0.2, 0) is 23.4 Å². The monoisotopic (exact) mass is 356 g/mol. The summed E-state index contributed by atoms with van der Waals surface area (Å²) >= 11 is 0. The Bertz CT molecular complexity index is 520. The van der Waals surface area contributed by atoms with Crippen molar-refractivity contribution in [2.24, 2.45) is 0 Å². The van der Waals surface area contributed by atoms with Gasteiger partial charge in [0.2, 0.25) is 0 Å². The Kier molecular flexibility index (Phi) is 5.10. The number of rotatable bonds is 5. The molecule has 5 nitrogen and oxygen atoms in total. The molecule has 1 fully saturated rings. The van der Waals surface area contributed by atoms with E-state index < -0.39 is 19.7 Å². The third-order valence-corrected chi connectivity index (χ3v) is 9.81. The molecule has 1 aliphatic carbocycles. The topological polar surface area (TPSA) is 54.0 Å². The average Bonchev–Trinajstić information content (AvgIpc) is 2.83. The molecule has 3 atom stereocenters. The van der Waals surface area contributed by atoms with Gasteiger partial charge in [-0.1, -0.05) is 26.8 Å². The molecule has 0 bridgehead atoms. The summed E-state index contributed by atoms with van der Waals surface area (Å²) < 4.78 is 23.9. The van der Waals surface area contributed by atoms with Crippen LogP contribution in [0.3, 0.4) is 0 Å². The van der Waals surface area contributed by atoms with Crippen molar-refractivity contribution in [3.8, 4) is 0 Å². The van der Waals surface area contributed by atoms with E-state index >= 15 is 0 Å². The summed E-state index contributed by atoms with van der Waals surface area (Å²) in [7, 11) is -1.85. The summed E-state index contributed by atoms with van der Waals surface area (Å²) in [5, 5.41) is 0.143. The first-order valence-electron chi connectivity index (χ1n) is 8.67. The first kappa shape index (κ1) is 19.6. The second-order valence-electron chi connectivity index (χ2n) is 8.79. The highest BCUT2D eigenvalue weighted by atomic mass is 28.4. The first-order chi connectivity index (χ1) is 10.8. The Hall–Kier alpha value is -0.693. The van der Waals surface area contributed by atoms with Crippen LogP contribution in [0.15, 0.2) is 12.2 Å². The lowest BCUT2D eigenvalue weighted by Crippen LogP contribution is -2.48. The lowest BCUT2D eigenvalue weighted by Gasteiger charge is -2.38. The fraction of sp³-hybridized carbons (Fsp3) is 0.833. The lowest BCUT2D eigenvalue weighted by atomic mass is 9.95. The normalized spacial score (nSPS) is 32.0. The minimum atomic E-state index is -1.85. The molecule has 1 heterocycles. The second-order valence-corrected chi connectivity index (χ2v) is 13.6. The minimum absolute atomic E-state index is 0.143. The van der Waals surface area contributed by atoms with Crippen LogP contribution in [0.25, 0.3) is 0 Å². The van der Waals surface area contributed by atoms with Gasteiger partial charge in [0.25, 0.3) is 0 Å². The number of fused-ring (bicyclic) bond motifs is 1. The van der Waals surface area contributed by atoms with E-state index in [1.54, 1.807) is 0 Å². The van der Waals surface area contributed by atoms with E-state index in [1.807, 2.05) is 26.0 Å². The van der Waals surface area contributed by atoms with E-state index in [2.05, 4.69) is 33.9 Å². The van der Waals surface area contributed by atoms with Crippen LogP contribution in [0.1, 0.15) is 48.0 Å². The van der Waals surface area contributed by atoms with Crippen molar-refractivity contribution in [1.82, 2.24) is 0 Å². The standard InChI is InChI=1S/C18H32O5Si/c1-13(19)21-18(11-12-20-24(7,8)16(2,3)4)10-9-14-15(18)23-17(5,6)22-14/h9-10,14-15H,11-12H2,1-8H3/t14-,15-,18-/m0/s1. The highest BCUT2D eigenvalue weighted by molar-refractivity contribution is 6.74. The molecule has 1 saturated heterocycles. The smallest absolute Gasteiger partial charge is 0.303 e. The van der Waals surface area contributed by atoms with Crippen LogP contribution in [0.5, 0.6) is 0 Å². The van der Waals surface area contributed by atoms with Crippen LogP contribution in [0.2, 0.25) is 18.1 Å². The van der Waals surface area contributed by atoms with E-state index in [0.29, 0.717) is 13.0 Å². The number of esters is 1. The molecule has 0 radical (unpaired) electrons. The van der Waals surface area contributed by atoms with E-state index in [9.17, 15) is 4.79 Å². The minimum Gasteiger partial charge on any atom is -0.452 e. The van der Waals surface area contributed by atoms with Crippen molar-refractivity contribution >= 4 is 14.3 Å². The molecular formula is C18H32O5Si. The number of carbonyl (C=O) groups excluding carboxylic acids is 1. The first-order valence-corrected chi connectivity index (χ1v) is 11.6. The van der Waals surface area contributed by atoms with E-state index in [4.69, 9.17) is 18.6 Å². The average molecular weight is 357 g/mol. The SMILES string of the molecule is CC(=O)O[C@]1(CCO[Si](C)(C)C(C)(C)C)C=C[C@@H]2OC(C)(C)O[C@@H]21. The number of ether oxygens (including phenoxy) is 3. The Morgan fingerprint density at radius 2 is 1.88 bits per heavy atom. The summed E-state index contributed by atoms with van der Waals surface area (Å²) in [5.74, 6) is -0.993. The van der Waals surface area contributed by atoms with E-state index in [-0.39, 0.29) is 23.2 Å². The Labute approximate surface area is 146 Å². The molecule has 0 saturated carbocycles. The van der Waals surface area contributed by atoms with Crippen molar-refractivity contribution < 1.29 is 23.4 Å². The van der Waals surface area contributed by atoms with Crippen LogP contribution < -0.4 is 0 Å². The summed E-state index contributed by atoms with van der Waals surface area (Å²) in [4.78, 5) is 11.7. The molecular weight excluding hydrogens is 324 g/mol. The largest absolute Gasteiger partial charge is 0.452 e. The van der Waals surface area contributed by atoms with Crippen molar-refractivity contribution in [2.45, 2.75) is 89.7 Å². The van der Waals surface area contributed by atoms with Gasteiger partial charge in [0.1, 0.15) is 12.2 Å². The van der Waals surface area contributed by atoms with Gasteiger partial charge in [0, 0.05) is 20.0 Å². The Balaban J connectivity index is 2.10. The molecule has 0 aromatic rings. The maximum Gasteiger partial charge on any atom is 0.303 e. The lowest BCUT2D eigenvalue weighted by molar-refractivity contribution is -0.185. The Morgan fingerprint density at radius 3 is 2.42 bits per heavy atom. The zero-order valence-corrected chi connectivity index (χ0v) is 17.3. The van der Waals surface area contributed by atoms with Gasteiger partial charge in [-0.2, -0.15) is 0 Å². The van der Waals surface area contributed by atoms with Crippen molar-refractivity contribution in [3.63, 3.8) is 0 Å². The zero-order chi connectivity index (χ0) is 18.4. The van der Waals surface area contributed by atoms with Gasteiger partial charge in [-0.25, -0.2) is 0 Å². The highest BCUT2D eigenvalue weighted by Crippen LogP contribution is 2.44. The molecule has 6 heteroatoms. The molecule has 0 aromatic heterocycles. The third-order valence-electron chi connectivity index (χ3n) is 5.27. The van der Waals surface area contributed by atoms with Crippen LogP contribution >= 0.6 is 0 Å². The zero-order valence-electron chi connectivity index (χ0n) is 16.3. The summed E-state index contributed by atoms with van der Waals surface area (Å²) in [6, 6.07) is 0. The van der Waals surface area contributed by atoms with Gasteiger partial charge in [0.05, 0.1) is 0 Å². The maximum absolute atomic E-state index is 11.7.